The summed E-state index contributed by atoms with van der Waals surface area (Å²) in [6.45, 7) is 1.76. The Labute approximate surface area is 214 Å². The number of aryl methyl sites for hydroxylation is 2. The van der Waals surface area contributed by atoms with Crippen LogP contribution in [0, 0.1) is 12.7 Å². The number of methoxy groups -OCH3 is 1. The van der Waals surface area contributed by atoms with Gasteiger partial charge < -0.3 is 19.6 Å². The third-order valence-corrected chi connectivity index (χ3v) is 5.33. The van der Waals surface area contributed by atoms with Crippen LogP contribution in [-0.2, 0) is 20.7 Å². The Morgan fingerprint density at radius 3 is 2.27 bits per heavy atom. The zero-order valence-electron chi connectivity index (χ0n) is 21.2. The lowest BCUT2D eigenvalue weighted by Gasteiger charge is -2.11. The van der Waals surface area contributed by atoms with Gasteiger partial charge in [-0.15, -0.1) is 0 Å². The van der Waals surface area contributed by atoms with E-state index in [0.29, 0.717) is 34.3 Å². The number of fused-ring (bicyclic) bond motifs is 1. The summed E-state index contributed by atoms with van der Waals surface area (Å²) in [6, 6.07) is 17.7. The Morgan fingerprint density at radius 1 is 1.05 bits per heavy atom. The van der Waals surface area contributed by atoms with Crippen molar-refractivity contribution in [1.82, 2.24) is 5.32 Å². The number of carbonyl (C=O) groups excluding carboxylic acids is 2. The summed E-state index contributed by atoms with van der Waals surface area (Å²) >= 11 is 0. The molecule has 0 atom stereocenters. The van der Waals surface area contributed by atoms with Crippen LogP contribution in [0.15, 0.2) is 65.1 Å². The predicted octanol–water partition coefficient (Wildman–Crippen LogP) is 5.67. The number of hydrogen-bond acceptors (Lipinski definition) is 6. The standard InChI is InChI=1S/C26H21FO4.C2H7N.CH2O2/c1-16-4-3-5-18(12-16)21-14-22-23(15-28)26(17-6-9-20(27)10-7-17)31-24(22)13-19(21)8-11-25(29)30-2;1-3-2;2-1-3/h3-7,9-10,12-15H,8,11H2,1-2H3;3H,1-2H3;1H,(H,2,3). The summed E-state index contributed by atoms with van der Waals surface area (Å²) in [5, 5.41) is 10.3. The first-order valence-corrected chi connectivity index (χ1v) is 11.4. The molecule has 0 aliphatic heterocycles. The molecule has 4 rings (SSSR count). The van der Waals surface area contributed by atoms with Gasteiger partial charge in [-0.1, -0.05) is 29.8 Å². The minimum atomic E-state index is -0.362. The van der Waals surface area contributed by atoms with Gasteiger partial charge in [-0.2, -0.15) is 0 Å². The first-order valence-electron chi connectivity index (χ1n) is 11.4. The van der Waals surface area contributed by atoms with E-state index in [1.807, 2.05) is 51.4 Å². The SMILES string of the molecule is CNC.COC(=O)CCc1cc2oc(-c3ccc(F)cc3)c(C=O)c2cc1-c1cccc(C)c1.O=CO. The molecule has 0 amide bonds. The van der Waals surface area contributed by atoms with Crippen LogP contribution in [0.5, 0.6) is 0 Å². The second-order valence-electron chi connectivity index (χ2n) is 8.03. The average Bonchev–Trinajstić information content (AvgIpc) is 3.25. The highest BCUT2D eigenvalue weighted by Gasteiger charge is 2.19. The molecular weight excluding hydrogens is 477 g/mol. The smallest absolute Gasteiger partial charge is 0.305 e. The molecule has 3 aromatic carbocycles. The van der Waals surface area contributed by atoms with Crippen molar-refractivity contribution in [1.29, 1.82) is 0 Å². The Hall–Kier alpha value is -4.30. The molecule has 1 heterocycles. The fraction of sp³-hybridized carbons (Fsp3) is 0.207. The van der Waals surface area contributed by atoms with Crippen molar-refractivity contribution in [3.05, 3.63) is 83.2 Å². The number of carboxylic acid groups (broad SMARTS) is 1. The number of carbonyl (C=O) groups is 3. The van der Waals surface area contributed by atoms with Gasteiger partial charge in [0.15, 0.2) is 6.29 Å². The largest absolute Gasteiger partial charge is 0.483 e. The Bertz CT molecular complexity index is 1340. The van der Waals surface area contributed by atoms with Crippen LogP contribution >= 0.6 is 0 Å². The lowest BCUT2D eigenvalue weighted by atomic mass is 9.93. The van der Waals surface area contributed by atoms with Crippen molar-refractivity contribution < 1.29 is 33.0 Å². The van der Waals surface area contributed by atoms with Crippen molar-refractivity contribution >= 4 is 29.7 Å². The molecule has 7 nitrogen and oxygen atoms in total. The number of hydrogen-bond donors (Lipinski definition) is 2. The third-order valence-electron chi connectivity index (χ3n) is 5.33. The molecule has 194 valence electrons. The van der Waals surface area contributed by atoms with Gasteiger partial charge in [0.05, 0.1) is 12.7 Å². The fourth-order valence-electron chi connectivity index (χ4n) is 3.76. The molecule has 2 N–H and O–H groups in total. The minimum Gasteiger partial charge on any atom is -0.483 e. The zero-order valence-corrected chi connectivity index (χ0v) is 21.2. The number of furan rings is 1. The fourth-order valence-corrected chi connectivity index (χ4v) is 3.76. The first-order chi connectivity index (χ1) is 17.8. The van der Waals surface area contributed by atoms with Gasteiger partial charge in [0, 0.05) is 17.4 Å². The van der Waals surface area contributed by atoms with E-state index in [2.05, 4.69) is 11.4 Å². The van der Waals surface area contributed by atoms with Gasteiger partial charge >= 0.3 is 5.97 Å². The highest BCUT2D eigenvalue weighted by molar-refractivity contribution is 6.04. The summed E-state index contributed by atoms with van der Waals surface area (Å²) in [6.07, 6.45) is 1.46. The van der Waals surface area contributed by atoms with Gasteiger partial charge in [0.25, 0.3) is 6.47 Å². The molecule has 8 heteroatoms. The quantitative estimate of drug-likeness (QED) is 0.256. The molecule has 1 aromatic heterocycles. The molecule has 4 aromatic rings. The molecule has 0 radical (unpaired) electrons. The highest BCUT2D eigenvalue weighted by atomic mass is 19.1. The van der Waals surface area contributed by atoms with Crippen LogP contribution in [0.25, 0.3) is 33.4 Å². The molecule has 0 aliphatic carbocycles. The molecule has 37 heavy (non-hydrogen) atoms. The molecule has 0 saturated heterocycles. The van der Waals surface area contributed by atoms with Gasteiger partial charge in [-0.05, 0) is 80.5 Å². The third kappa shape index (κ3) is 7.59. The predicted molar refractivity (Wildman–Crippen MR) is 141 cm³/mol. The minimum absolute atomic E-state index is 0.229. The summed E-state index contributed by atoms with van der Waals surface area (Å²) in [5.41, 5.74) is 5.50. The number of esters is 1. The van der Waals surface area contributed by atoms with E-state index in [1.165, 1.54) is 19.2 Å². The molecule has 0 bridgehead atoms. The summed E-state index contributed by atoms with van der Waals surface area (Å²) in [7, 11) is 5.12. The summed E-state index contributed by atoms with van der Waals surface area (Å²) < 4.78 is 24.2. The Balaban J connectivity index is 0.000000733. The van der Waals surface area contributed by atoms with Crippen LogP contribution in [0.3, 0.4) is 0 Å². The lowest BCUT2D eigenvalue weighted by Crippen LogP contribution is -2.03. The van der Waals surface area contributed by atoms with E-state index in [0.717, 1.165) is 28.5 Å². The molecule has 0 saturated carbocycles. The van der Waals surface area contributed by atoms with Gasteiger partial charge in [0.1, 0.15) is 17.2 Å². The van der Waals surface area contributed by atoms with Crippen molar-refractivity contribution in [2.75, 3.05) is 21.2 Å². The van der Waals surface area contributed by atoms with Crippen molar-refractivity contribution in [2.45, 2.75) is 19.8 Å². The molecule has 0 unspecified atom stereocenters. The van der Waals surface area contributed by atoms with E-state index in [-0.39, 0.29) is 24.7 Å². The van der Waals surface area contributed by atoms with Crippen LogP contribution in [-0.4, -0.2) is 45.0 Å². The number of nitrogens with one attached hydrogen (secondary N) is 1. The van der Waals surface area contributed by atoms with Gasteiger partial charge in [-0.25, -0.2) is 4.39 Å². The monoisotopic (exact) mass is 507 g/mol. The van der Waals surface area contributed by atoms with Crippen LogP contribution < -0.4 is 5.32 Å². The maximum absolute atomic E-state index is 13.4. The maximum Gasteiger partial charge on any atom is 0.305 e. The second kappa shape index (κ2) is 14.3. The number of rotatable bonds is 6. The molecular formula is C29H30FNO6. The average molecular weight is 508 g/mol. The maximum atomic E-state index is 13.4. The van der Waals surface area contributed by atoms with E-state index in [9.17, 15) is 14.0 Å². The van der Waals surface area contributed by atoms with E-state index < -0.39 is 0 Å². The normalized spacial score (nSPS) is 9.97. The zero-order chi connectivity index (χ0) is 27.4. The van der Waals surface area contributed by atoms with Crippen molar-refractivity contribution in [3.63, 3.8) is 0 Å². The topological polar surface area (TPSA) is 106 Å². The number of benzene rings is 3. The van der Waals surface area contributed by atoms with Gasteiger partial charge in [0.2, 0.25) is 0 Å². The van der Waals surface area contributed by atoms with Crippen LogP contribution in [0.1, 0.15) is 27.9 Å². The molecule has 0 spiro atoms. The van der Waals surface area contributed by atoms with Crippen LogP contribution in [0.2, 0.25) is 0 Å². The van der Waals surface area contributed by atoms with Crippen LogP contribution in [0.4, 0.5) is 4.39 Å². The molecule has 0 aliphatic rings. The second-order valence-corrected chi connectivity index (χ2v) is 8.03. The molecule has 0 fully saturated rings. The van der Waals surface area contributed by atoms with E-state index in [4.69, 9.17) is 19.1 Å². The summed E-state index contributed by atoms with van der Waals surface area (Å²) in [5.74, 6) is -0.264. The first kappa shape index (κ1) is 28.9. The number of aldehydes is 1. The Morgan fingerprint density at radius 2 is 1.70 bits per heavy atom. The Kier molecular flexibility index (Phi) is 11.2. The highest BCUT2D eigenvalue weighted by Crippen LogP contribution is 2.37. The van der Waals surface area contributed by atoms with E-state index in [1.54, 1.807) is 12.1 Å². The summed E-state index contributed by atoms with van der Waals surface area (Å²) in [4.78, 5) is 32.1. The number of halogens is 1. The lowest BCUT2D eigenvalue weighted by molar-refractivity contribution is -0.140. The van der Waals surface area contributed by atoms with Crippen molar-refractivity contribution in [2.24, 2.45) is 0 Å². The van der Waals surface area contributed by atoms with E-state index >= 15 is 0 Å². The van der Waals surface area contributed by atoms with Gasteiger partial charge in [-0.3, -0.25) is 14.4 Å². The van der Waals surface area contributed by atoms with Crippen molar-refractivity contribution in [3.8, 4) is 22.5 Å². The number of ether oxygens (including phenoxy) is 1.